The summed E-state index contributed by atoms with van der Waals surface area (Å²) in [6.45, 7) is 0. The highest BCUT2D eigenvalue weighted by Gasteiger charge is 2.07. The highest BCUT2D eigenvalue weighted by Crippen LogP contribution is 2.28. The lowest BCUT2D eigenvalue weighted by molar-refractivity contribution is 0.254. The van der Waals surface area contributed by atoms with Gasteiger partial charge in [-0.15, -0.1) is 0 Å². The van der Waals surface area contributed by atoms with Crippen LogP contribution in [0.2, 0.25) is 0 Å². The number of rotatable bonds is 4. The topological polar surface area (TPSA) is 80.6 Å². The summed E-state index contributed by atoms with van der Waals surface area (Å²) in [5, 5.41) is 10.4. The molecule has 0 bridgehead atoms. The zero-order valence-corrected chi connectivity index (χ0v) is 13.4. The summed E-state index contributed by atoms with van der Waals surface area (Å²) in [5.74, 6) is 1.25. The Balaban J connectivity index is 1.83. The molecule has 0 atom stereocenters. The van der Waals surface area contributed by atoms with Crippen molar-refractivity contribution < 1.29 is 9.53 Å². The van der Waals surface area contributed by atoms with E-state index in [9.17, 15) is 4.79 Å². The molecule has 3 rings (SSSR count). The monoisotopic (exact) mass is 329 g/mol. The maximum absolute atomic E-state index is 11.3. The second-order valence-corrected chi connectivity index (χ2v) is 5.68. The molecule has 0 aliphatic rings. The van der Waals surface area contributed by atoms with Crippen molar-refractivity contribution in [3.63, 3.8) is 0 Å². The Hall–Kier alpha value is -2.74. The van der Waals surface area contributed by atoms with E-state index in [1.807, 2.05) is 36.4 Å². The van der Waals surface area contributed by atoms with E-state index in [2.05, 4.69) is 20.7 Å². The number of hydrogen-bond acceptors (Lipinski definition) is 5. The lowest BCUT2D eigenvalue weighted by Gasteiger charge is -2.04. The van der Waals surface area contributed by atoms with Gasteiger partial charge >= 0.3 is 6.03 Å². The average molecular weight is 329 g/mol. The molecule has 23 heavy (non-hydrogen) atoms. The van der Waals surface area contributed by atoms with Gasteiger partial charge in [-0.3, -0.25) is 5.32 Å². The number of fused-ring (bicyclic) bond motifs is 1. The number of aromatic nitrogens is 3. The van der Waals surface area contributed by atoms with E-state index in [0.29, 0.717) is 11.5 Å². The molecular weight excluding hydrogens is 314 g/mol. The van der Waals surface area contributed by atoms with Crippen molar-refractivity contribution in [1.82, 2.24) is 19.9 Å². The summed E-state index contributed by atoms with van der Waals surface area (Å²) in [6, 6.07) is 11.2. The molecule has 7 nitrogen and oxygen atoms in total. The van der Waals surface area contributed by atoms with Crippen LogP contribution in [0.1, 0.15) is 0 Å². The minimum absolute atomic E-state index is 0.320. The molecule has 1 aromatic carbocycles. The summed E-state index contributed by atoms with van der Waals surface area (Å²) < 4.78 is 6.85. The summed E-state index contributed by atoms with van der Waals surface area (Å²) in [4.78, 5) is 16.6. The Morgan fingerprint density at radius 2 is 2.17 bits per heavy atom. The van der Waals surface area contributed by atoms with E-state index in [4.69, 9.17) is 4.74 Å². The number of ether oxygens (including phenoxy) is 1. The number of imidazole rings is 1. The van der Waals surface area contributed by atoms with Crippen LogP contribution in [-0.4, -0.2) is 34.8 Å². The SMILES string of the molecule is CNC(=O)Nc1cn2nc(Sc3cccc(OC)c3)ccc2n1. The van der Waals surface area contributed by atoms with Crippen molar-refractivity contribution in [3.05, 3.63) is 42.6 Å². The molecule has 0 saturated carbocycles. The number of methoxy groups -OCH3 is 1. The highest BCUT2D eigenvalue weighted by molar-refractivity contribution is 7.99. The van der Waals surface area contributed by atoms with Gasteiger partial charge in [0.2, 0.25) is 0 Å². The van der Waals surface area contributed by atoms with Gasteiger partial charge in [0.25, 0.3) is 0 Å². The summed E-state index contributed by atoms with van der Waals surface area (Å²) in [6.07, 6.45) is 1.67. The van der Waals surface area contributed by atoms with Crippen LogP contribution in [-0.2, 0) is 0 Å². The Kier molecular flexibility index (Phi) is 4.33. The lowest BCUT2D eigenvalue weighted by Crippen LogP contribution is -2.24. The van der Waals surface area contributed by atoms with E-state index in [0.717, 1.165) is 15.7 Å². The van der Waals surface area contributed by atoms with Gasteiger partial charge in [-0.2, -0.15) is 5.10 Å². The van der Waals surface area contributed by atoms with Crippen molar-refractivity contribution in [2.45, 2.75) is 9.92 Å². The van der Waals surface area contributed by atoms with Crippen LogP contribution in [0.5, 0.6) is 5.75 Å². The lowest BCUT2D eigenvalue weighted by atomic mass is 10.3. The number of hydrogen-bond donors (Lipinski definition) is 2. The van der Waals surface area contributed by atoms with Gasteiger partial charge in [0, 0.05) is 11.9 Å². The standard InChI is InChI=1S/C15H15N5O2S/c1-16-15(21)18-12-9-20-13(17-12)6-7-14(19-20)23-11-5-3-4-10(8-11)22-2/h3-9H,1-2H3,(H2,16,18,21). The first-order chi connectivity index (χ1) is 11.2. The first-order valence-corrected chi connectivity index (χ1v) is 7.66. The second-order valence-electron chi connectivity index (χ2n) is 4.59. The van der Waals surface area contributed by atoms with Gasteiger partial charge < -0.3 is 10.1 Å². The van der Waals surface area contributed by atoms with E-state index < -0.39 is 0 Å². The molecular formula is C15H15N5O2S. The van der Waals surface area contributed by atoms with Gasteiger partial charge in [-0.25, -0.2) is 14.3 Å². The average Bonchev–Trinajstić information content (AvgIpc) is 2.96. The number of carbonyl (C=O) groups excluding carboxylic acids is 1. The van der Waals surface area contributed by atoms with Gasteiger partial charge in [0.15, 0.2) is 11.5 Å². The van der Waals surface area contributed by atoms with E-state index >= 15 is 0 Å². The number of nitrogens with zero attached hydrogens (tertiary/aromatic N) is 3. The van der Waals surface area contributed by atoms with Crippen LogP contribution in [0.15, 0.2) is 52.5 Å². The fraction of sp³-hybridized carbons (Fsp3) is 0.133. The van der Waals surface area contributed by atoms with Crippen LogP contribution in [0, 0.1) is 0 Å². The zero-order chi connectivity index (χ0) is 16.2. The predicted molar refractivity (Wildman–Crippen MR) is 88.2 cm³/mol. The third-order valence-corrected chi connectivity index (χ3v) is 3.94. The van der Waals surface area contributed by atoms with Gasteiger partial charge in [-0.05, 0) is 30.3 Å². The molecule has 2 N–H and O–H groups in total. The Morgan fingerprint density at radius 1 is 1.30 bits per heavy atom. The molecule has 0 saturated heterocycles. The first kappa shape index (κ1) is 15.2. The van der Waals surface area contributed by atoms with E-state index in [1.54, 1.807) is 24.9 Å². The maximum Gasteiger partial charge on any atom is 0.320 e. The smallest absolute Gasteiger partial charge is 0.320 e. The largest absolute Gasteiger partial charge is 0.497 e. The minimum atomic E-state index is -0.320. The Labute approximate surface area is 137 Å². The van der Waals surface area contributed by atoms with Crippen molar-refractivity contribution in [3.8, 4) is 5.75 Å². The third kappa shape index (κ3) is 3.54. The number of urea groups is 1. The highest BCUT2D eigenvalue weighted by atomic mass is 32.2. The van der Waals surface area contributed by atoms with Crippen molar-refractivity contribution in [2.75, 3.05) is 19.5 Å². The molecule has 0 aliphatic heterocycles. The van der Waals surface area contributed by atoms with Crippen LogP contribution in [0.4, 0.5) is 10.6 Å². The molecule has 0 unspecified atom stereocenters. The molecule has 2 amide bonds. The first-order valence-electron chi connectivity index (χ1n) is 6.85. The van der Waals surface area contributed by atoms with Gasteiger partial charge in [-0.1, -0.05) is 17.8 Å². The molecule has 2 heterocycles. The van der Waals surface area contributed by atoms with Crippen molar-refractivity contribution in [2.24, 2.45) is 0 Å². The fourth-order valence-corrected chi connectivity index (χ4v) is 2.77. The van der Waals surface area contributed by atoms with Crippen molar-refractivity contribution >= 4 is 29.3 Å². The van der Waals surface area contributed by atoms with Gasteiger partial charge in [0.1, 0.15) is 10.8 Å². The van der Waals surface area contributed by atoms with Crippen molar-refractivity contribution in [1.29, 1.82) is 0 Å². The Morgan fingerprint density at radius 3 is 2.96 bits per heavy atom. The number of benzene rings is 1. The van der Waals surface area contributed by atoms with Crippen LogP contribution in [0.3, 0.4) is 0 Å². The summed E-state index contributed by atoms with van der Waals surface area (Å²) in [7, 11) is 3.19. The summed E-state index contributed by atoms with van der Waals surface area (Å²) >= 11 is 1.52. The molecule has 3 aromatic rings. The maximum atomic E-state index is 11.3. The second kappa shape index (κ2) is 6.57. The van der Waals surface area contributed by atoms with Crippen LogP contribution in [0.25, 0.3) is 5.65 Å². The summed E-state index contributed by atoms with van der Waals surface area (Å²) in [5.41, 5.74) is 0.659. The van der Waals surface area contributed by atoms with Gasteiger partial charge in [0.05, 0.1) is 13.3 Å². The van der Waals surface area contributed by atoms with E-state index in [-0.39, 0.29) is 6.03 Å². The molecule has 0 aliphatic carbocycles. The normalized spacial score (nSPS) is 10.5. The number of anilines is 1. The van der Waals surface area contributed by atoms with Crippen LogP contribution < -0.4 is 15.4 Å². The molecule has 0 radical (unpaired) electrons. The quantitative estimate of drug-likeness (QED) is 0.769. The zero-order valence-electron chi connectivity index (χ0n) is 12.6. The van der Waals surface area contributed by atoms with E-state index in [1.165, 1.54) is 11.8 Å². The number of nitrogens with one attached hydrogen (secondary N) is 2. The molecule has 118 valence electrons. The molecule has 8 heteroatoms. The fourth-order valence-electron chi connectivity index (χ4n) is 1.94. The number of amides is 2. The van der Waals surface area contributed by atoms with Crippen LogP contribution >= 0.6 is 11.8 Å². The molecule has 0 spiro atoms. The number of carbonyl (C=O) groups is 1. The molecule has 0 fully saturated rings. The predicted octanol–water partition coefficient (Wildman–Crippen LogP) is 2.64. The Bertz CT molecular complexity index is 849. The molecule has 2 aromatic heterocycles. The minimum Gasteiger partial charge on any atom is -0.497 e. The third-order valence-electron chi connectivity index (χ3n) is 3.03.